The summed E-state index contributed by atoms with van der Waals surface area (Å²) < 4.78 is 81.8. The fourth-order valence-corrected chi connectivity index (χ4v) is 12.9. The SMILES string of the molecule is C.CC(=O)C(F)(F)F.CC(=O)Nc1ccccc1.CC(=O)OC(C)(C)C.CC(=O)OCC1c2ccccc2-c2ccccc21.CC(=O)OCc1ccccc1.CC(C)=O.CC(c1ccccc1)(c1ccccc1)c1ccccc1.CCc1ccccc1.CP(=O)(c1ccccc1)c1ccccc1.Cc1ccc(S(C)(=O)=O)cc1. The fraction of sp³-hybridized carbons (Fsp3) is 0.242. The monoisotopic (exact) mass is 1580 g/mol. The van der Waals surface area contributed by atoms with Gasteiger partial charge in [-0.25, -0.2) is 8.42 Å². The van der Waals surface area contributed by atoms with Gasteiger partial charge in [-0.05, 0) is 136 Å². The maximum absolute atomic E-state index is 12.6. The zero-order chi connectivity index (χ0) is 83.3. The molecule has 0 saturated carbocycles. The maximum Gasteiger partial charge on any atom is 0.449 e. The van der Waals surface area contributed by atoms with Crippen LogP contribution in [-0.2, 0) is 75.8 Å². The summed E-state index contributed by atoms with van der Waals surface area (Å²) in [6.45, 7) is 23.8. The molecule has 11 aromatic carbocycles. The van der Waals surface area contributed by atoms with Gasteiger partial charge in [-0.1, -0.05) is 311 Å². The Morgan fingerprint density at radius 3 is 1.04 bits per heavy atom. The fourth-order valence-electron chi connectivity index (χ4n) is 10.4. The van der Waals surface area contributed by atoms with Gasteiger partial charge >= 0.3 is 24.1 Å². The number of halogens is 3. The third-order valence-electron chi connectivity index (χ3n) is 15.9. The lowest BCUT2D eigenvalue weighted by Gasteiger charge is -2.31. The van der Waals surface area contributed by atoms with Crippen molar-refractivity contribution in [3.05, 3.63) is 360 Å². The predicted molar refractivity (Wildman–Crippen MR) is 455 cm³/mol. The molecule has 0 aromatic heterocycles. The van der Waals surface area contributed by atoms with Gasteiger partial charge in [0.15, 0.2) is 9.84 Å². The molecule has 0 radical (unpaired) electrons. The number of amides is 1. The largest absolute Gasteiger partial charge is 0.465 e. The summed E-state index contributed by atoms with van der Waals surface area (Å²) in [7, 11) is -5.42. The molecular formula is C95H109F3NO12PS. The normalized spacial score (nSPS) is 10.7. The number of esters is 3. The Balaban J connectivity index is 0.000000437. The third kappa shape index (κ3) is 38.4. The molecule has 598 valence electrons. The van der Waals surface area contributed by atoms with Crippen LogP contribution in [0, 0.1) is 6.92 Å². The first kappa shape index (κ1) is 97.7. The molecule has 0 spiro atoms. The Hall–Kier alpha value is -11.4. The lowest BCUT2D eigenvalue weighted by molar-refractivity contribution is -0.168. The summed E-state index contributed by atoms with van der Waals surface area (Å²) >= 11 is 0. The van der Waals surface area contributed by atoms with E-state index in [1.165, 1.54) is 92.3 Å². The van der Waals surface area contributed by atoms with Crippen LogP contribution in [0.4, 0.5) is 18.9 Å². The smallest absolute Gasteiger partial charge is 0.449 e. The summed E-state index contributed by atoms with van der Waals surface area (Å²) in [4.78, 5) is 61.3. The van der Waals surface area contributed by atoms with Crippen LogP contribution >= 0.6 is 7.14 Å². The maximum atomic E-state index is 12.6. The summed E-state index contributed by atoms with van der Waals surface area (Å²) in [5, 5.41) is 4.49. The zero-order valence-corrected chi connectivity index (χ0v) is 68.3. The van der Waals surface area contributed by atoms with E-state index < -0.39 is 28.9 Å². The number of hydrogen-bond acceptors (Lipinski definition) is 12. The first-order valence-electron chi connectivity index (χ1n) is 36.1. The van der Waals surface area contributed by atoms with E-state index in [1.54, 1.807) is 24.3 Å². The van der Waals surface area contributed by atoms with E-state index in [0.29, 0.717) is 25.0 Å². The average Bonchev–Trinajstić information content (AvgIpc) is 1.72. The molecule has 0 atom stereocenters. The molecule has 0 heterocycles. The molecule has 0 aliphatic heterocycles. The van der Waals surface area contributed by atoms with Gasteiger partial charge in [-0.2, -0.15) is 13.2 Å². The average molecular weight is 1580 g/mol. The van der Waals surface area contributed by atoms with Crippen LogP contribution in [0.2, 0.25) is 0 Å². The van der Waals surface area contributed by atoms with Crippen LogP contribution in [-0.4, -0.2) is 75.1 Å². The quantitative estimate of drug-likeness (QED) is 0.0527. The van der Waals surface area contributed by atoms with Gasteiger partial charge in [0.2, 0.25) is 11.7 Å². The predicted octanol–water partition coefficient (Wildman–Crippen LogP) is 21.8. The number of rotatable bonds is 12. The topological polar surface area (TPSA) is 193 Å². The van der Waals surface area contributed by atoms with Crippen LogP contribution in [0.25, 0.3) is 11.1 Å². The van der Waals surface area contributed by atoms with Gasteiger partial charge in [0.1, 0.15) is 31.7 Å². The van der Waals surface area contributed by atoms with Crippen LogP contribution in [0.5, 0.6) is 0 Å². The third-order valence-corrected chi connectivity index (χ3v) is 19.6. The number of carbonyl (C=O) groups excluding carboxylic acids is 6. The summed E-state index contributed by atoms with van der Waals surface area (Å²) in [6, 6.07) is 104. The molecular weight excluding hydrogens is 1470 g/mol. The van der Waals surface area contributed by atoms with Crippen molar-refractivity contribution in [3.63, 3.8) is 0 Å². The number of ketones is 2. The Labute approximate surface area is 668 Å². The minimum Gasteiger partial charge on any atom is -0.465 e. The van der Waals surface area contributed by atoms with Crippen LogP contribution in [0.1, 0.15) is 141 Å². The summed E-state index contributed by atoms with van der Waals surface area (Å²) in [5.74, 6) is -2.15. The van der Waals surface area contributed by atoms with Gasteiger partial charge < -0.3 is 28.9 Å². The van der Waals surface area contributed by atoms with Gasteiger partial charge in [-0.3, -0.25) is 24.0 Å². The highest BCUT2D eigenvalue weighted by Crippen LogP contribution is 2.45. The number of benzene rings is 11. The molecule has 1 amide bonds. The molecule has 0 fully saturated rings. The van der Waals surface area contributed by atoms with E-state index in [0.717, 1.165) is 33.8 Å². The second-order valence-electron chi connectivity index (χ2n) is 26.8. The Morgan fingerprint density at radius 2 is 0.752 bits per heavy atom. The highest BCUT2D eigenvalue weighted by molar-refractivity contribution is 7.90. The molecule has 113 heavy (non-hydrogen) atoms. The number of Topliss-reactive ketones (excluding diaryl/α,β-unsaturated/α-hetero) is 2. The number of para-hydroxylation sites is 1. The van der Waals surface area contributed by atoms with Crippen molar-refractivity contribution in [2.75, 3.05) is 24.8 Å². The molecule has 13 nitrogen and oxygen atoms in total. The van der Waals surface area contributed by atoms with Crippen molar-refractivity contribution in [2.24, 2.45) is 0 Å². The van der Waals surface area contributed by atoms with Gasteiger partial charge in [0.05, 0.1) is 4.90 Å². The van der Waals surface area contributed by atoms with Crippen molar-refractivity contribution < 1.29 is 69.1 Å². The summed E-state index contributed by atoms with van der Waals surface area (Å²) in [6.07, 6.45) is -2.29. The molecule has 12 rings (SSSR count). The first-order chi connectivity index (χ1) is 52.9. The number of nitrogens with one attached hydrogen (secondary N) is 1. The standard InChI is InChI=1S/C20H18.C16H14O2.C13H13OP.C9H10O2.C8H9NO.C8H10O2S.C8H10.C6H12O2.C3H3F3O.C3H6O.CH4/c1-20(17-11-5-2-6-12-17,18-13-7-3-8-14-18)19-15-9-4-10-16-19;1-11(17)18-10-16-14-8-4-2-6-12(14)13-7-3-5-9-15(13)16;1-15(14,12-8-4-2-5-9-12)13-10-6-3-7-11-13;1-8(10)11-7-9-5-3-2-4-6-9;1-7(10)9-8-5-3-2-4-6-8;1-7-3-5-8(6-4-7)11(2,9)10;1-2-8-6-4-3-5-7-8;1-5(7)8-6(2,3)4;1-2(7)3(4,5)6;1-3(2)4;/h2-16H,1H3;2-9,16H,10H2,1H3;2-11H,1H3;2-6H,7H2,1H3;2-6H,1H3,(H,9,10);3-6H,1-2H3;3-7H,2H2,1H3;1-4H3;1H3;1-2H3;1H4. The number of ether oxygens (including phenoxy) is 3. The van der Waals surface area contributed by atoms with Gasteiger partial charge in [0, 0.05) is 68.5 Å². The van der Waals surface area contributed by atoms with E-state index in [4.69, 9.17) is 14.2 Å². The Morgan fingerprint density at radius 1 is 0.442 bits per heavy atom. The van der Waals surface area contributed by atoms with Crippen molar-refractivity contribution in [1.82, 2.24) is 0 Å². The number of anilines is 1. The van der Waals surface area contributed by atoms with Crippen molar-refractivity contribution in [1.29, 1.82) is 0 Å². The minimum absolute atomic E-state index is 0. The second kappa shape index (κ2) is 50.5. The van der Waals surface area contributed by atoms with Crippen molar-refractivity contribution >= 4 is 68.7 Å². The molecule has 18 heteroatoms. The van der Waals surface area contributed by atoms with Crippen LogP contribution in [0.3, 0.4) is 0 Å². The van der Waals surface area contributed by atoms with Gasteiger partial charge in [-0.15, -0.1) is 0 Å². The highest BCUT2D eigenvalue weighted by atomic mass is 32.2. The number of aryl methyl sites for hydroxylation is 2. The van der Waals surface area contributed by atoms with E-state index in [2.05, 4.69) is 159 Å². The lowest BCUT2D eigenvalue weighted by Crippen LogP contribution is -2.25. The van der Waals surface area contributed by atoms with E-state index in [9.17, 15) is 54.9 Å². The van der Waals surface area contributed by atoms with Crippen LogP contribution in [0.15, 0.2) is 320 Å². The molecule has 0 bridgehead atoms. The number of sulfone groups is 1. The number of carbonyl (C=O) groups is 6. The van der Waals surface area contributed by atoms with Crippen LogP contribution < -0.4 is 15.9 Å². The molecule has 1 aliphatic rings. The summed E-state index contributed by atoms with van der Waals surface area (Å²) in [5.41, 5.74) is 12.8. The van der Waals surface area contributed by atoms with E-state index in [-0.39, 0.29) is 54.0 Å². The molecule has 0 unspecified atom stereocenters. The molecule has 11 aromatic rings. The number of alkyl halides is 3. The Kier molecular flexibility index (Phi) is 43.6. The van der Waals surface area contributed by atoms with Gasteiger partial charge in [0.25, 0.3) is 0 Å². The molecule has 0 saturated heterocycles. The Bertz CT molecular complexity index is 4560. The molecule has 1 aliphatic carbocycles. The van der Waals surface area contributed by atoms with E-state index >= 15 is 0 Å². The number of fused-ring (bicyclic) bond motifs is 3. The van der Waals surface area contributed by atoms with Crippen molar-refractivity contribution in [3.8, 4) is 11.1 Å². The second-order valence-corrected chi connectivity index (χ2v) is 31.7. The minimum atomic E-state index is -4.64. The van der Waals surface area contributed by atoms with E-state index in [1.807, 2.05) is 186 Å². The zero-order valence-electron chi connectivity index (χ0n) is 66.6. The first-order valence-corrected chi connectivity index (χ1v) is 40.2. The number of hydrogen-bond donors (Lipinski definition) is 1. The lowest BCUT2D eigenvalue weighted by atomic mass is 9.71. The highest BCUT2D eigenvalue weighted by Gasteiger charge is 2.34. The van der Waals surface area contributed by atoms with Crippen molar-refractivity contribution in [2.45, 2.75) is 138 Å². The molecule has 1 N–H and O–H groups in total.